The molecular weight excluding hydrogens is 247 g/mol. The molecule has 1 aromatic carbocycles. The Labute approximate surface area is 106 Å². The van der Waals surface area contributed by atoms with Crippen molar-refractivity contribution >= 4 is 35.6 Å². The van der Waals surface area contributed by atoms with Crippen molar-refractivity contribution in [3.8, 4) is 0 Å². The van der Waals surface area contributed by atoms with Gasteiger partial charge in [-0.05, 0) is 37.6 Å². The Balaban J connectivity index is 0.00000128. The van der Waals surface area contributed by atoms with Gasteiger partial charge in [0.15, 0.2) is 0 Å². The fourth-order valence-corrected chi connectivity index (χ4v) is 1.63. The van der Waals surface area contributed by atoms with Crippen molar-refractivity contribution in [2.24, 2.45) is 0 Å². The number of nitrogens with one attached hydrogen (secondary N) is 2. The maximum absolute atomic E-state index is 11.6. The maximum atomic E-state index is 11.6. The van der Waals surface area contributed by atoms with Crippen molar-refractivity contribution in [1.29, 1.82) is 0 Å². The molecular formula is C11H14Cl2N2O. The summed E-state index contributed by atoms with van der Waals surface area (Å²) in [5.41, 5.74) is 1.77. The number of rotatable bonds is 2. The molecule has 1 aromatic rings. The van der Waals surface area contributed by atoms with E-state index in [0.29, 0.717) is 10.7 Å². The summed E-state index contributed by atoms with van der Waals surface area (Å²) < 4.78 is 0. The monoisotopic (exact) mass is 260 g/mol. The van der Waals surface area contributed by atoms with E-state index in [1.807, 2.05) is 19.1 Å². The average molecular weight is 261 g/mol. The summed E-state index contributed by atoms with van der Waals surface area (Å²) >= 11 is 5.97. The molecule has 1 aliphatic rings. The molecule has 1 fully saturated rings. The van der Waals surface area contributed by atoms with Crippen LogP contribution in [0.5, 0.6) is 0 Å². The van der Waals surface area contributed by atoms with Crippen LogP contribution in [0.15, 0.2) is 18.2 Å². The first-order valence-corrected chi connectivity index (χ1v) is 5.35. The zero-order chi connectivity index (χ0) is 10.8. The van der Waals surface area contributed by atoms with Crippen molar-refractivity contribution < 1.29 is 4.79 Å². The highest BCUT2D eigenvalue weighted by atomic mass is 35.5. The molecule has 1 atom stereocenters. The summed E-state index contributed by atoms with van der Waals surface area (Å²) in [4.78, 5) is 11.6. The van der Waals surface area contributed by atoms with Crippen LogP contribution in [-0.4, -0.2) is 18.5 Å². The molecule has 0 radical (unpaired) electrons. The number of halogens is 2. The molecule has 0 spiro atoms. The second kappa shape index (κ2) is 5.53. The summed E-state index contributed by atoms with van der Waals surface area (Å²) in [6.07, 6.45) is 0.898. The Hall–Kier alpha value is -0.770. The summed E-state index contributed by atoms with van der Waals surface area (Å²) in [6, 6.07) is 5.53. The molecule has 1 amide bonds. The maximum Gasteiger partial charge on any atom is 0.241 e. The number of aryl methyl sites for hydroxylation is 1. The summed E-state index contributed by atoms with van der Waals surface area (Å²) in [6.45, 7) is 2.88. The van der Waals surface area contributed by atoms with Gasteiger partial charge in [0.25, 0.3) is 0 Å². The Kier molecular flexibility index (Phi) is 4.59. The molecule has 2 N–H and O–H groups in total. The van der Waals surface area contributed by atoms with Gasteiger partial charge in [0.05, 0.1) is 16.8 Å². The van der Waals surface area contributed by atoms with Gasteiger partial charge in [0, 0.05) is 0 Å². The lowest BCUT2D eigenvalue weighted by Gasteiger charge is -2.26. The van der Waals surface area contributed by atoms with E-state index in [4.69, 9.17) is 11.6 Å². The van der Waals surface area contributed by atoms with Crippen molar-refractivity contribution in [1.82, 2.24) is 5.32 Å². The van der Waals surface area contributed by atoms with Crippen LogP contribution >= 0.6 is 24.0 Å². The van der Waals surface area contributed by atoms with Crippen LogP contribution in [0.1, 0.15) is 12.0 Å². The Morgan fingerprint density at radius 2 is 2.25 bits per heavy atom. The van der Waals surface area contributed by atoms with E-state index in [0.717, 1.165) is 18.5 Å². The lowest BCUT2D eigenvalue weighted by molar-refractivity contribution is -0.119. The van der Waals surface area contributed by atoms with E-state index >= 15 is 0 Å². The molecule has 1 heterocycles. The third kappa shape index (κ3) is 2.88. The largest absolute Gasteiger partial charge is 0.323 e. The third-order valence-corrected chi connectivity index (χ3v) is 2.85. The first-order valence-electron chi connectivity index (χ1n) is 4.97. The van der Waals surface area contributed by atoms with E-state index < -0.39 is 0 Å². The molecule has 88 valence electrons. The smallest absolute Gasteiger partial charge is 0.241 e. The highest BCUT2D eigenvalue weighted by Gasteiger charge is 2.24. The highest BCUT2D eigenvalue weighted by Crippen LogP contribution is 2.23. The molecule has 1 saturated heterocycles. The molecule has 0 aromatic heterocycles. The van der Waals surface area contributed by atoms with Crippen molar-refractivity contribution in [3.05, 3.63) is 28.8 Å². The minimum Gasteiger partial charge on any atom is -0.323 e. The number of carbonyl (C=O) groups is 1. The van der Waals surface area contributed by atoms with Gasteiger partial charge in [0.2, 0.25) is 5.91 Å². The lowest BCUT2D eigenvalue weighted by atomic mass is 10.1. The number of anilines is 1. The van der Waals surface area contributed by atoms with Crippen LogP contribution in [0.3, 0.4) is 0 Å². The van der Waals surface area contributed by atoms with Crippen LogP contribution in [0, 0.1) is 6.92 Å². The van der Waals surface area contributed by atoms with Crippen LogP contribution < -0.4 is 10.6 Å². The number of hydrogen-bond donors (Lipinski definition) is 2. The highest BCUT2D eigenvalue weighted by molar-refractivity contribution is 6.33. The first kappa shape index (κ1) is 13.3. The van der Waals surface area contributed by atoms with Crippen LogP contribution in [0.25, 0.3) is 0 Å². The van der Waals surface area contributed by atoms with Gasteiger partial charge in [-0.25, -0.2) is 0 Å². The fourth-order valence-electron chi connectivity index (χ4n) is 1.47. The minimum atomic E-state index is -0.0541. The Morgan fingerprint density at radius 1 is 1.56 bits per heavy atom. The van der Waals surface area contributed by atoms with Crippen molar-refractivity contribution in [3.63, 3.8) is 0 Å². The molecule has 2 rings (SSSR count). The number of hydrogen-bond acceptors (Lipinski definition) is 2. The molecule has 0 aliphatic carbocycles. The van der Waals surface area contributed by atoms with Crippen LogP contribution in [-0.2, 0) is 4.79 Å². The standard InChI is InChI=1S/C11H13ClN2O.ClH/c1-7-2-3-8(12)10(6-7)14-11(15)9-4-5-13-9;/h2-3,6,9,13H,4-5H2,1H3,(H,14,15);1H/t9-;/m1./s1. The zero-order valence-electron chi connectivity index (χ0n) is 8.92. The summed E-state index contributed by atoms with van der Waals surface area (Å²) in [5, 5.41) is 6.44. The molecule has 0 unspecified atom stereocenters. The van der Waals surface area contributed by atoms with Crippen molar-refractivity contribution in [2.45, 2.75) is 19.4 Å². The SMILES string of the molecule is Cc1ccc(Cl)c(NC(=O)[C@H]2CCN2)c1.Cl. The van der Waals surface area contributed by atoms with Gasteiger partial charge < -0.3 is 10.6 Å². The first-order chi connectivity index (χ1) is 7.16. The van der Waals surface area contributed by atoms with E-state index in [1.54, 1.807) is 6.07 Å². The van der Waals surface area contributed by atoms with E-state index in [1.165, 1.54) is 0 Å². The second-order valence-electron chi connectivity index (χ2n) is 3.77. The van der Waals surface area contributed by atoms with E-state index in [2.05, 4.69) is 10.6 Å². The topological polar surface area (TPSA) is 41.1 Å². The Morgan fingerprint density at radius 3 is 2.81 bits per heavy atom. The third-order valence-electron chi connectivity index (χ3n) is 2.52. The minimum absolute atomic E-state index is 0. The number of benzene rings is 1. The van der Waals surface area contributed by atoms with Crippen molar-refractivity contribution in [2.75, 3.05) is 11.9 Å². The second-order valence-corrected chi connectivity index (χ2v) is 4.18. The molecule has 1 aliphatic heterocycles. The fraction of sp³-hybridized carbons (Fsp3) is 0.364. The van der Waals surface area contributed by atoms with E-state index in [9.17, 15) is 4.79 Å². The van der Waals surface area contributed by atoms with Gasteiger partial charge in [0.1, 0.15) is 0 Å². The van der Waals surface area contributed by atoms with Gasteiger partial charge in [-0.3, -0.25) is 4.79 Å². The molecule has 5 heteroatoms. The number of amides is 1. The molecule has 0 saturated carbocycles. The lowest BCUT2D eigenvalue weighted by Crippen LogP contribution is -2.50. The zero-order valence-corrected chi connectivity index (χ0v) is 10.5. The molecule has 3 nitrogen and oxygen atoms in total. The van der Waals surface area contributed by atoms with Gasteiger partial charge >= 0.3 is 0 Å². The quantitative estimate of drug-likeness (QED) is 0.858. The summed E-state index contributed by atoms with van der Waals surface area (Å²) in [5.74, 6) is -0.00579. The molecule has 0 bridgehead atoms. The van der Waals surface area contributed by atoms with Crippen LogP contribution in [0.4, 0.5) is 5.69 Å². The average Bonchev–Trinajstić information content (AvgIpc) is 2.08. The predicted octanol–water partition coefficient (Wildman–Crippen LogP) is 2.37. The predicted molar refractivity (Wildman–Crippen MR) is 68.5 cm³/mol. The van der Waals surface area contributed by atoms with Crippen LogP contribution in [0.2, 0.25) is 5.02 Å². The van der Waals surface area contributed by atoms with E-state index in [-0.39, 0.29) is 24.4 Å². The normalized spacial score (nSPS) is 18.2. The van der Waals surface area contributed by atoms with Gasteiger partial charge in [-0.1, -0.05) is 17.7 Å². The van der Waals surface area contributed by atoms with Gasteiger partial charge in [-0.2, -0.15) is 0 Å². The Bertz CT molecular complexity index is 392. The van der Waals surface area contributed by atoms with Gasteiger partial charge in [-0.15, -0.1) is 12.4 Å². The molecule has 16 heavy (non-hydrogen) atoms. The summed E-state index contributed by atoms with van der Waals surface area (Å²) in [7, 11) is 0. The number of carbonyl (C=O) groups excluding carboxylic acids is 1.